The Hall–Kier alpha value is -0.740. The molecule has 1 aromatic carbocycles. The Balaban J connectivity index is 2.50. The first kappa shape index (κ1) is 14.3. The molecule has 94 valence electrons. The molecule has 0 saturated heterocycles. The molecule has 0 aromatic heterocycles. The molecule has 1 aromatic rings. The molecule has 0 saturated carbocycles. The van der Waals surface area contributed by atoms with E-state index in [0.29, 0.717) is 16.9 Å². The van der Waals surface area contributed by atoms with Gasteiger partial charge in [0.2, 0.25) is 0 Å². The van der Waals surface area contributed by atoms with E-state index in [1.54, 1.807) is 12.1 Å². The summed E-state index contributed by atoms with van der Waals surface area (Å²) in [6, 6.07) is 5.20. The van der Waals surface area contributed by atoms with E-state index in [4.69, 9.17) is 0 Å². The lowest BCUT2D eigenvalue weighted by Gasteiger charge is -2.07. The molecule has 0 spiro atoms. The zero-order chi connectivity index (χ0) is 12.8. The zero-order valence-electron chi connectivity index (χ0n) is 10.1. The number of carbonyl (C=O) groups is 1. The number of hydrogen-bond donors (Lipinski definition) is 1. The highest BCUT2D eigenvalue weighted by Gasteiger charge is 2.13. The Morgan fingerprint density at radius 2 is 2.18 bits per heavy atom. The van der Waals surface area contributed by atoms with Crippen LogP contribution in [0.5, 0.6) is 0 Å². The number of halogens is 2. The summed E-state index contributed by atoms with van der Waals surface area (Å²) < 4.78 is 13.9. The van der Waals surface area contributed by atoms with Crippen LogP contribution in [0.2, 0.25) is 0 Å². The van der Waals surface area contributed by atoms with Gasteiger partial charge in [-0.1, -0.05) is 19.9 Å². The van der Waals surface area contributed by atoms with Crippen molar-refractivity contribution < 1.29 is 9.18 Å². The molecular formula is C13H17BrFNO. The van der Waals surface area contributed by atoms with E-state index < -0.39 is 5.82 Å². The average molecular weight is 302 g/mol. The molecule has 0 unspecified atom stereocenters. The normalized spacial score (nSPS) is 10.9. The Morgan fingerprint density at radius 1 is 1.47 bits per heavy atom. The number of Topliss-reactive ketones (excluding diaryl/α,β-unsaturated/α-hetero) is 1. The van der Waals surface area contributed by atoms with E-state index in [2.05, 4.69) is 35.1 Å². The Bertz CT molecular complexity index is 393. The maximum absolute atomic E-state index is 13.6. The number of rotatable bonds is 6. The minimum atomic E-state index is -0.464. The molecule has 0 radical (unpaired) electrons. The van der Waals surface area contributed by atoms with Crippen LogP contribution in [0.4, 0.5) is 4.39 Å². The van der Waals surface area contributed by atoms with Gasteiger partial charge in [0.05, 0.1) is 10.0 Å². The minimum Gasteiger partial charge on any atom is -0.315 e. The largest absolute Gasteiger partial charge is 0.315 e. The van der Waals surface area contributed by atoms with Gasteiger partial charge in [-0.3, -0.25) is 4.79 Å². The fraction of sp³-hybridized carbons (Fsp3) is 0.462. The highest BCUT2D eigenvalue weighted by molar-refractivity contribution is 9.10. The van der Waals surface area contributed by atoms with Gasteiger partial charge in [-0.15, -0.1) is 0 Å². The summed E-state index contributed by atoms with van der Waals surface area (Å²) in [4.78, 5) is 11.8. The van der Waals surface area contributed by atoms with Crippen molar-refractivity contribution >= 4 is 21.7 Å². The Labute approximate surface area is 110 Å². The minimum absolute atomic E-state index is 0.144. The van der Waals surface area contributed by atoms with Crippen LogP contribution in [0.1, 0.15) is 37.0 Å². The van der Waals surface area contributed by atoms with Crippen molar-refractivity contribution in [2.45, 2.75) is 32.7 Å². The molecule has 0 aliphatic carbocycles. The lowest BCUT2D eigenvalue weighted by atomic mass is 10.1. The summed E-state index contributed by atoms with van der Waals surface area (Å²) in [5.41, 5.74) is 0.170. The molecular weight excluding hydrogens is 285 g/mol. The van der Waals surface area contributed by atoms with Crippen molar-refractivity contribution in [1.29, 1.82) is 0 Å². The quantitative estimate of drug-likeness (QED) is 0.643. The third-order valence-electron chi connectivity index (χ3n) is 2.39. The molecule has 2 nitrogen and oxygen atoms in total. The maximum atomic E-state index is 13.6. The second-order valence-electron chi connectivity index (χ2n) is 4.24. The molecule has 0 heterocycles. The molecule has 0 atom stereocenters. The van der Waals surface area contributed by atoms with Gasteiger partial charge in [0.25, 0.3) is 0 Å². The summed E-state index contributed by atoms with van der Waals surface area (Å²) >= 11 is 3.08. The smallest absolute Gasteiger partial charge is 0.165 e. The van der Waals surface area contributed by atoms with Crippen molar-refractivity contribution in [1.82, 2.24) is 5.32 Å². The third-order valence-corrected chi connectivity index (χ3v) is 3.00. The fourth-order valence-corrected chi connectivity index (χ4v) is 1.86. The first-order valence-electron chi connectivity index (χ1n) is 5.73. The highest BCUT2D eigenvalue weighted by Crippen LogP contribution is 2.19. The molecule has 0 bridgehead atoms. The number of benzene rings is 1. The standard InChI is InChI=1S/C13H17BrFNO/c1-9(2)16-8-4-7-12(17)10-5-3-6-11(14)13(10)15/h3,5-6,9,16H,4,7-8H2,1-2H3. The van der Waals surface area contributed by atoms with Crippen LogP contribution in [-0.2, 0) is 0 Å². The van der Waals surface area contributed by atoms with Gasteiger partial charge in [0, 0.05) is 12.5 Å². The van der Waals surface area contributed by atoms with Gasteiger partial charge in [0.15, 0.2) is 5.78 Å². The van der Waals surface area contributed by atoms with E-state index in [-0.39, 0.29) is 11.3 Å². The van der Waals surface area contributed by atoms with E-state index in [1.165, 1.54) is 6.07 Å². The molecule has 1 N–H and O–H groups in total. The van der Waals surface area contributed by atoms with Gasteiger partial charge in [-0.05, 0) is 41.0 Å². The first-order valence-corrected chi connectivity index (χ1v) is 6.52. The van der Waals surface area contributed by atoms with E-state index in [9.17, 15) is 9.18 Å². The molecule has 0 fully saturated rings. The molecule has 4 heteroatoms. The number of ketones is 1. The van der Waals surface area contributed by atoms with Crippen LogP contribution in [0.25, 0.3) is 0 Å². The molecule has 0 aliphatic rings. The monoisotopic (exact) mass is 301 g/mol. The van der Waals surface area contributed by atoms with Crippen LogP contribution < -0.4 is 5.32 Å². The van der Waals surface area contributed by atoms with Crippen LogP contribution in [0.3, 0.4) is 0 Å². The predicted molar refractivity (Wildman–Crippen MR) is 70.8 cm³/mol. The first-order chi connectivity index (χ1) is 8.02. The lowest BCUT2D eigenvalue weighted by Crippen LogP contribution is -2.24. The van der Waals surface area contributed by atoms with Gasteiger partial charge in [0.1, 0.15) is 5.82 Å². The van der Waals surface area contributed by atoms with Crippen molar-refractivity contribution in [3.63, 3.8) is 0 Å². The van der Waals surface area contributed by atoms with Crippen molar-refractivity contribution in [3.05, 3.63) is 34.1 Å². The highest BCUT2D eigenvalue weighted by atomic mass is 79.9. The number of hydrogen-bond acceptors (Lipinski definition) is 2. The molecule has 17 heavy (non-hydrogen) atoms. The van der Waals surface area contributed by atoms with Crippen LogP contribution in [0.15, 0.2) is 22.7 Å². The summed E-state index contributed by atoms with van der Waals surface area (Å²) in [6.45, 7) is 4.88. The topological polar surface area (TPSA) is 29.1 Å². The van der Waals surface area contributed by atoms with Crippen molar-refractivity contribution in [2.24, 2.45) is 0 Å². The SMILES string of the molecule is CC(C)NCCCC(=O)c1cccc(Br)c1F. The van der Waals surface area contributed by atoms with Gasteiger partial charge in [-0.25, -0.2) is 4.39 Å². The van der Waals surface area contributed by atoms with Gasteiger partial charge < -0.3 is 5.32 Å². The Morgan fingerprint density at radius 3 is 2.82 bits per heavy atom. The van der Waals surface area contributed by atoms with E-state index in [0.717, 1.165) is 13.0 Å². The van der Waals surface area contributed by atoms with Crippen molar-refractivity contribution in [3.8, 4) is 0 Å². The number of carbonyl (C=O) groups excluding carboxylic acids is 1. The Kier molecular flexibility index (Phi) is 5.78. The van der Waals surface area contributed by atoms with E-state index in [1.807, 2.05) is 0 Å². The van der Waals surface area contributed by atoms with Gasteiger partial charge >= 0.3 is 0 Å². The zero-order valence-corrected chi connectivity index (χ0v) is 11.7. The summed E-state index contributed by atoms with van der Waals surface area (Å²) in [5.74, 6) is -0.608. The second-order valence-corrected chi connectivity index (χ2v) is 5.09. The van der Waals surface area contributed by atoms with Crippen LogP contribution >= 0.6 is 15.9 Å². The summed E-state index contributed by atoms with van der Waals surface area (Å²) in [5, 5.41) is 3.22. The van der Waals surface area contributed by atoms with Crippen molar-refractivity contribution in [2.75, 3.05) is 6.54 Å². The average Bonchev–Trinajstić information content (AvgIpc) is 2.27. The summed E-state index contributed by atoms with van der Waals surface area (Å²) in [7, 11) is 0. The maximum Gasteiger partial charge on any atom is 0.165 e. The lowest BCUT2D eigenvalue weighted by molar-refractivity contribution is 0.0975. The summed E-state index contributed by atoms with van der Waals surface area (Å²) in [6.07, 6.45) is 1.09. The molecule has 0 amide bonds. The second kappa shape index (κ2) is 6.87. The van der Waals surface area contributed by atoms with Crippen LogP contribution in [-0.4, -0.2) is 18.4 Å². The molecule has 1 rings (SSSR count). The van der Waals surface area contributed by atoms with E-state index >= 15 is 0 Å². The predicted octanol–water partition coefficient (Wildman–Crippen LogP) is 3.55. The number of nitrogens with one attached hydrogen (secondary N) is 1. The molecule has 0 aliphatic heterocycles. The van der Waals surface area contributed by atoms with Crippen LogP contribution in [0, 0.1) is 5.82 Å². The van der Waals surface area contributed by atoms with Gasteiger partial charge in [-0.2, -0.15) is 0 Å². The fourth-order valence-electron chi connectivity index (χ4n) is 1.49. The third kappa shape index (κ3) is 4.56.